The van der Waals surface area contributed by atoms with Crippen molar-refractivity contribution < 1.29 is 18.7 Å². The normalized spacial score (nSPS) is 11.9. The van der Waals surface area contributed by atoms with Gasteiger partial charge in [0.25, 0.3) is 5.91 Å². The van der Waals surface area contributed by atoms with E-state index in [4.69, 9.17) is 9.15 Å². The zero-order chi connectivity index (χ0) is 16.9. The molecule has 0 fully saturated rings. The number of amides is 1. The molecule has 0 radical (unpaired) electrons. The Kier molecular flexibility index (Phi) is 4.56. The zero-order valence-electron chi connectivity index (χ0n) is 13.1. The highest BCUT2D eigenvalue weighted by Gasteiger charge is 2.23. The van der Waals surface area contributed by atoms with Crippen molar-refractivity contribution in [3.05, 3.63) is 60.5 Å². The molecule has 3 aromatic rings. The van der Waals surface area contributed by atoms with Crippen LogP contribution in [0.15, 0.2) is 59.3 Å². The summed E-state index contributed by atoms with van der Waals surface area (Å²) in [7, 11) is 0. The predicted molar refractivity (Wildman–Crippen MR) is 88.6 cm³/mol. The Bertz CT molecular complexity index is 858. The Hall–Kier alpha value is -3.15. The number of hydrogen-bond donors (Lipinski definition) is 1. The fraction of sp³-hybridized carbons (Fsp3) is 0.167. The number of benzene rings is 2. The molecule has 1 N–H and O–H groups in total. The van der Waals surface area contributed by atoms with Crippen molar-refractivity contribution in [1.29, 1.82) is 0 Å². The standard InChI is InChI=1S/C18H16N2O4/c1-2-14(17(21)20-12-7-4-3-5-8-12)24-18(22)13-9-6-10-15-16(13)19-11-23-15/h3-11,14H,2H2,1H3,(H,20,21). The van der Waals surface area contributed by atoms with Crippen molar-refractivity contribution in [2.75, 3.05) is 5.32 Å². The summed E-state index contributed by atoms with van der Waals surface area (Å²) in [6.07, 6.45) is 0.736. The van der Waals surface area contributed by atoms with Crippen LogP contribution in [0.5, 0.6) is 0 Å². The summed E-state index contributed by atoms with van der Waals surface area (Å²) in [4.78, 5) is 28.7. The molecule has 3 rings (SSSR count). The van der Waals surface area contributed by atoms with Crippen molar-refractivity contribution in [1.82, 2.24) is 4.98 Å². The lowest BCUT2D eigenvalue weighted by atomic mass is 10.2. The molecule has 0 saturated heterocycles. The smallest absolute Gasteiger partial charge is 0.341 e. The van der Waals surface area contributed by atoms with Crippen molar-refractivity contribution >= 4 is 28.7 Å². The monoisotopic (exact) mass is 324 g/mol. The first-order valence-electron chi connectivity index (χ1n) is 7.58. The number of hydrogen-bond acceptors (Lipinski definition) is 5. The molecule has 24 heavy (non-hydrogen) atoms. The van der Waals surface area contributed by atoms with E-state index in [1.54, 1.807) is 37.3 Å². The van der Waals surface area contributed by atoms with Gasteiger partial charge in [-0.3, -0.25) is 4.79 Å². The lowest BCUT2D eigenvalue weighted by Gasteiger charge is -2.16. The third-order valence-electron chi connectivity index (χ3n) is 3.53. The number of ether oxygens (including phenoxy) is 1. The number of aromatic nitrogens is 1. The van der Waals surface area contributed by atoms with E-state index in [1.807, 2.05) is 18.2 Å². The van der Waals surface area contributed by atoms with Gasteiger partial charge in [-0.05, 0) is 30.7 Å². The molecule has 0 saturated carbocycles. The van der Waals surface area contributed by atoms with Gasteiger partial charge in [0.2, 0.25) is 0 Å². The van der Waals surface area contributed by atoms with E-state index in [0.29, 0.717) is 23.2 Å². The highest BCUT2D eigenvalue weighted by Crippen LogP contribution is 2.19. The van der Waals surface area contributed by atoms with Crippen molar-refractivity contribution in [2.45, 2.75) is 19.4 Å². The maximum absolute atomic E-state index is 12.4. The van der Waals surface area contributed by atoms with Crippen molar-refractivity contribution in [3.63, 3.8) is 0 Å². The van der Waals surface area contributed by atoms with Crippen LogP contribution in [0.1, 0.15) is 23.7 Å². The third kappa shape index (κ3) is 3.27. The van der Waals surface area contributed by atoms with Crippen LogP contribution in [0.2, 0.25) is 0 Å². The van der Waals surface area contributed by atoms with Gasteiger partial charge in [0, 0.05) is 5.69 Å². The van der Waals surface area contributed by atoms with Gasteiger partial charge in [-0.15, -0.1) is 0 Å². The molecular weight excluding hydrogens is 308 g/mol. The van der Waals surface area contributed by atoms with Gasteiger partial charge in [-0.2, -0.15) is 0 Å². The van der Waals surface area contributed by atoms with Crippen LogP contribution >= 0.6 is 0 Å². The van der Waals surface area contributed by atoms with E-state index in [0.717, 1.165) is 0 Å². The van der Waals surface area contributed by atoms with Crippen molar-refractivity contribution in [2.24, 2.45) is 0 Å². The van der Waals surface area contributed by atoms with Gasteiger partial charge < -0.3 is 14.5 Å². The van der Waals surface area contributed by atoms with Gasteiger partial charge in [0.1, 0.15) is 5.52 Å². The number of carbonyl (C=O) groups excluding carboxylic acids is 2. The topological polar surface area (TPSA) is 81.4 Å². The van der Waals surface area contributed by atoms with E-state index in [1.165, 1.54) is 6.39 Å². The molecule has 1 atom stereocenters. The second-order valence-electron chi connectivity index (χ2n) is 5.16. The maximum atomic E-state index is 12.4. The second kappa shape index (κ2) is 6.95. The Labute approximate surface area is 138 Å². The molecule has 1 amide bonds. The molecule has 1 aromatic heterocycles. The minimum atomic E-state index is -0.889. The second-order valence-corrected chi connectivity index (χ2v) is 5.16. The largest absolute Gasteiger partial charge is 0.449 e. The quantitative estimate of drug-likeness (QED) is 0.727. The maximum Gasteiger partial charge on any atom is 0.341 e. The number of anilines is 1. The van der Waals surface area contributed by atoms with Crippen LogP contribution in [-0.2, 0) is 9.53 Å². The minimum Gasteiger partial charge on any atom is -0.449 e. The molecule has 6 heteroatoms. The number of esters is 1. The van der Waals surface area contributed by atoms with E-state index in [-0.39, 0.29) is 11.5 Å². The lowest BCUT2D eigenvalue weighted by Crippen LogP contribution is -2.32. The molecule has 0 aliphatic rings. The summed E-state index contributed by atoms with van der Waals surface area (Å²) in [5.41, 5.74) is 1.83. The molecule has 0 bridgehead atoms. The molecule has 2 aromatic carbocycles. The number of para-hydroxylation sites is 2. The third-order valence-corrected chi connectivity index (χ3v) is 3.53. The van der Waals surface area contributed by atoms with E-state index in [2.05, 4.69) is 10.3 Å². The van der Waals surface area contributed by atoms with Crippen molar-refractivity contribution in [3.8, 4) is 0 Å². The zero-order valence-corrected chi connectivity index (χ0v) is 13.1. The number of nitrogens with one attached hydrogen (secondary N) is 1. The van der Waals surface area contributed by atoms with Gasteiger partial charge >= 0.3 is 5.97 Å². The fourth-order valence-corrected chi connectivity index (χ4v) is 2.31. The van der Waals surface area contributed by atoms with Crippen LogP contribution in [0.25, 0.3) is 11.1 Å². The summed E-state index contributed by atoms with van der Waals surface area (Å²) in [6.45, 7) is 1.78. The molecule has 1 heterocycles. The Balaban J connectivity index is 1.74. The van der Waals surface area contributed by atoms with Crippen LogP contribution in [-0.4, -0.2) is 23.0 Å². The van der Waals surface area contributed by atoms with Crippen LogP contribution < -0.4 is 5.32 Å². The number of rotatable bonds is 5. The summed E-state index contributed by atoms with van der Waals surface area (Å²) in [6, 6.07) is 14.0. The fourth-order valence-electron chi connectivity index (χ4n) is 2.31. The molecule has 0 aliphatic heterocycles. The molecule has 0 aliphatic carbocycles. The van der Waals surface area contributed by atoms with Crippen LogP contribution in [0.3, 0.4) is 0 Å². The van der Waals surface area contributed by atoms with Crippen LogP contribution in [0.4, 0.5) is 5.69 Å². The minimum absolute atomic E-state index is 0.271. The first kappa shape index (κ1) is 15.7. The first-order chi connectivity index (χ1) is 11.7. The molecule has 6 nitrogen and oxygen atoms in total. The number of nitrogens with zero attached hydrogens (tertiary/aromatic N) is 1. The van der Waals surface area contributed by atoms with Gasteiger partial charge in [0.15, 0.2) is 18.1 Å². The molecule has 1 unspecified atom stereocenters. The van der Waals surface area contributed by atoms with E-state index >= 15 is 0 Å². The Morgan fingerprint density at radius 2 is 1.96 bits per heavy atom. The summed E-state index contributed by atoms with van der Waals surface area (Å²) in [5, 5.41) is 2.73. The number of oxazole rings is 1. The lowest BCUT2D eigenvalue weighted by molar-refractivity contribution is -0.124. The average Bonchev–Trinajstić information content (AvgIpc) is 3.08. The van der Waals surface area contributed by atoms with E-state index < -0.39 is 12.1 Å². The summed E-state index contributed by atoms with van der Waals surface area (Å²) < 4.78 is 10.5. The average molecular weight is 324 g/mol. The first-order valence-corrected chi connectivity index (χ1v) is 7.58. The van der Waals surface area contributed by atoms with Crippen LogP contribution in [0, 0.1) is 0 Å². The number of carbonyl (C=O) groups is 2. The highest BCUT2D eigenvalue weighted by molar-refractivity contribution is 6.03. The Morgan fingerprint density at radius 3 is 2.71 bits per heavy atom. The molecular formula is C18H16N2O4. The Morgan fingerprint density at radius 1 is 1.17 bits per heavy atom. The molecule has 122 valence electrons. The highest BCUT2D eigenvalue weighted by atomic mass is 16.5. The predicted octanol–water partition coefficient (Wildman–Crippen LogP) is 3.40. The summed E-state index contributed by atoms with van der Waals surface area (Å²) >= 11 is 0. The van der Waals surface area contributed by atoms with Gasteiger partial charge in [0.05, 0.1) is 5.56 Å². The molecule has 0 spiro atoms. The number of fused-ring (bicyclic) bond motifs is 1. The van der Waals surface area contributed by atoms with Gasteiger partial charge in [-0.1, -0.05) is 31.2 Å². The van der Waals surface area contributed by atoms with E-state index in [9.17, 15) is 9.59 Å². The SMILES string of the molecule is CCC(OC(=O)c1cccc2ocnc12)C(=O)Nc1ccccc1. The van der Waals surface area contributed by atoms with Gasteiger partial charge in [-0.25, -0.2) is 9.78 Å². The summed E-state index contributed by atoms with van der Waals surface area (Å²) in [5.74, 6) is -0.978.